The lowest BCUT2D eigenvalue weighted by atomic mass is 9.80. The van der Waals surface area contributed by atoms with Crippen molar-refractivity contribution in [1.29, 1.82) is 0 Å². The van der Waals surface area contributed by atoms with Crippen LogP contribution in [-0.4, -0.2) is 17.6 Å². The zero-order valence-corrected chi connectivity index (χ0v) is 6.60. The van der Waals surface area contributed by atoms with Crippen LogP contribution in [0.25, 0.3) is 0 Å². The van der Waals surface area contributed by atoms with E-state index in [0.717, 1.165) is 5.56 Å². The quantitative estimate of drug-likeness (QED) is 0.395. The molecule has 0 bridgehead atoms. The Labute approximate surface area is 70.4 Å². The number of hydrogen-bond donors (Lipinski definition) is 2. The van der Waals surface area contributed by atoms with Crippen LogP contribution < -0.4 is 5.46 Å². The Balaban J connectivity index is 2.80. The van der Waals surface area contributed by atoms with Gasteiger partial charge in [0.1, 0.15) is 0 Å². The van der Waals surface area contributed by atoms with Crippen LogP contribution in [0.1, 0.15) is 5.56 Å². The highest BCUT2D eigenvalue weighted by atomic mass is 17.2. The molecule has 0 saturated carbocycles. The molecule has 0 aromatic heterocycles. The molecule has 4 nitrogen and oxygen atoms in total. The summed E-state index contributed by atoms with van der Waals surface area (Å²) in [5.74, 6) is 0. The zero-order chi connectivity index (χ0) is 8.97. The summed E-state index contributed by atoms with van der Waals surface area (Å²) in [5, 5.41) is 16.5. The molecule has 0 unspecified atom stereocenters. The standard InChI is InChI=1S/C7H9BO4/c1-6-2-4-7(5-3-6)8(11-9)12-10/h2-5,9-10H,1H3. The molecule has 64 valence electrons. The molecule has 0 radical (unpaired) electrons. The van der Waals surface area contributed by atoms with Crippen LogP contribution in [-0.2, 0) is 9.61 Å². The van der Waals surface area contributed by atoms with Gasteiger partial charge in [-0.25, -0.2) is 0 Å². The monoisotopic (exact) mass is 168 g/mol. The van der Waals surface area contributed by atoms with Crippen LogP contribution in [0.3, 0.4) is 0 Å². The highest BCUT2D eigenvalue weighted by molar-refractivity contribution is 6.60. The lowest BCUT2D eigenvalue weighted by Crippen LogP contribution is -2.34. The average molecular weight is 168 g/mol. The zero-order valence-electron chi connectivity index (χ0n) is 6.60. The van der Waals surface area contributed by atoms with Crippen molar-refractivity contribution in [2.45, 2.75) is 6.92 Å². The minimum atomic E-state index is -1.13. The minimum absolute atomic E-state index is 0.547. The van der Waals surface area contributed by atoms with Crippen molar-refractivity contribution in [2.24, 2.45) is 0 Å². The van der Waals surface area contributed by atoms with Crippen LogP contribution in [0.2, 0.25) is 0 Å². The molecule has 2 N–H and O–H groups in total. The van der Waals surface area contributed by atoms with E-state index in [1.54, 1.807) is 12.1 Å². The molecule has 12 heavy (non-hydrogen) atoms. The molecule has 1 aromatic carbocycles. The highest BCUT2D eigenvalue weighted by Crippen LogP contribution is 1.95. The summed E-state index contributed by atoms with van der Waals surface area (Å²) in [6, 6.07) is 7.01. The summed E-state index contributed by atoms with van der Waals surface area (Å²) in [7, 11) is -1.13. The Hall–Kier alpha value is -0.875. The van der Waals surface area contributed by atoms with Gasteiger partial charge in [0.05, 0.1) is 0 Å². The molecule has 0 saturated heterocycles. The number of aryl methyl sites for hydroxylation is 1. The molecule has 1 rings (SSSR count). The summed E-state index contributed by atoms with van der Waals surface area (Å²) >= 11 is 0. The van der Waals surface area contributed by atoms with E-state index < -0.39 is 7.12 Å². The van der Waals surface area contributed by atoms with E-state index in [1.165, 1.54) is 0 Å². The van der Waals surface area contributed by atoms with Crippen molar-refractivity contribution in [2.75, 3.05) is 0 Å². The van der Waals surface area contributed by atoms with Crippen LogP contribution in [0, 0.1) is 6.92 Å². The summed E-state index contributed by atoms with van der Waals surface area (Å²) in [6.45, 7) is 1.93. The van der Waals surface area contributed by atoms with Crippen molar-refractivity contribution < 1.29 is 20.1 Å². The molecule has 1 aromatic rings. The van der Waals surface area contributed by atoms with Gasteiger partial charge in [-0.15, -0.1) is 0 Å². The first-order valence-corrected chi connectivity index (χ1v) is 3.45. The van der Waals surface area contributed by atoms with Crippen molar-refractivity contribution in [1.82, 2.24) is 0 Å². The van der Waals surface area contributed by atoms with E-state index in [2.05, 4.69) is 9.61 Å². The van der Waals surface area contributed by atoms with Gasteiger partial charge in [0.25, 0.3) is 0 Å². The predicted molar refractivity (Wildman–Crippen MR) is 44.0 cm³/mol. The molecular weight excluding hydrogens is 159 g/mol. The van der Waals surface area contributed by atoms with Crippen LogP contribution in [0.15, 0.2) is 24.3 Å². The van der Waals surface area contributed by atoms with E-state index >= 15 is 0 Å². The van der Waals surface area contributed by atoms with Crippen molar-refractivity contribution in [3.8, 4) is 0 Å². The van der Waals surface area contributed by atoms with Gasteiger partial charge in [-0.3, -0.25) is 20.1 Å². The van der Waals surface area contributed by atoms with Crippen LogP contribution >= 0.6 is 0 Å². The molecule has 5 heteroatoms. The molecule has 0 aliphatic carbocycles. The van der Waals surface area contributed by atoms with Gasteiger partial charge in [-0.2, -0.15) is 0 Å². The number of benzene rings is 1. The Morgan fingerprint density at radius 1 is 1.08 bits per heavy atom. The van der Waals surface area contributed by atoms with Crippen molar-refractivity contribution >= 4 is 12.6 Å². The van der Waals surface area contributed by atoms with Crippen LogP contribution in [0.4, 0.5) is 0 Å². The van der Waals surface area contributed by atoms with E-state index in [9.17, 15) is 0 Å². The lowest BCUT2D eigenvalue weighted by molar-refractivity contribution is -0.221. The first kappa shape index (κ1) is 9.21. The third-order valence-electron chi connectivity index (χ3n) is 1.54. The minimum Gasteiger partial charge on any atom is -0.264 e. The molecule has 0 fully saturated rings. The molecule has 0 heterocycles. The highest BCUT2D eigenvalue weighted by Gasteiger charge is 2.21. The first-order chi connectivity index (χ1) is 5.77. The molecule has 0 atom stereocenters. The van der Waals surface area contributed by atoms with E-state index in [-0.39, 0.29) is 0 Å². The van der Waals surface area contributed by atoms with Gasteiger partial charge >= 0.3 is 7.12 Å². The molecule has 0 amide bonds. The lowest BCUT2D eigenvalue weighted by Gasteiger charge is -2.04. The summed E-state index contributed by atoms with van der Waals surface area (Å²) in [5.41, 5.74) is 1.62. The molecule has 0 spiro atoms. The van der Waals surface area contributed by atoms with E-state index in [1.807, 2.05) is 19.1 Å². The second-order valence-electron chi connectivity index (χ2n) is 2.45. The Bertz CT molecular complexity index is 232. The predicted octanol–water partition coefficient (Wildman–Crippen LogP) is 0.669. The third kappa shape index (κ3) is 2.05. The molecule has 0 aliphatic heterocycles. The van der Waals surface area contributed by atoms with Gasteiger partial charge in [0.2, 0.25) is 0 Å². The third-order valence-corrected chi connectivity index (χ3v) is 1.54. The largest absolute Gasteiger partial charge is 0.554 e. The van der Waals surface area contributed by atoms with Gasteiger partial charge in [-0.05, 0) is 12.4 Å². The maximum absolute atomic E-state index is 8.26. The van der Waals surface area contributed by atoms with E-state index in [4.69, 9.17) is 10.5 Å². The topological polar surface area (TPSA) is 58.9 Å². The smallest absolute Gasteiger partial charge is 0.264 e. The number of hydrogen-bond acceptors (Lipinski definition) is 4. The summed E-state index contributed by atoms with van der Waals surface area (Å²) in [4.78, 5) is 7.71. The second kappa shape index (κ2) is 4.23. The Morgan fingerprint density at radius 3 is 2.00 bits per heavy atom. The van der Waals surface area contributed by atoms with Crippen molar-refractivity contribution in [3.05, 3.63) is 29.8 Å². The van der Waals surface area contributed by atoms with Gasteiger partial charge in [-0.1, -0.05) is 29.8 Å². The summed E-state index contributed by atoms with van der Waals surface area (Å²) in [6.07, 6.45) is 0. The SMILES string of the molecule is Cc1ccc(B(OO)OO)cc1. The average Bonchev–Trinajstić information content (AvgIpc) is 2.10. The summed E-state index contributed by atoms with van der Waals surface area (Å²) < 4.78 is 0. The van der Waals surface area contributed by atoms with Crippen LogP contribution in [0.5, 0.6) is 0 Å². The van der Waals surface area contributed by atoms with E-state index in [0.29, 0.717) is 5.46 Å². The van der Waals surface area contributed by atoms with Gasteiger partial charge in [0, 0.05) is 0 Å². The second-order valence-corrected chi connectivity index (χ2v) is 2.45. The van der Waals surface area contributed by atoms with Gasteiger partial charge < -0.3 is 0 Å². The fraction of sp³-hybridized carbons (Fsp3) is 0.143. The maximum atomic E-state index is 8.26. The fourth-order valence-electron chi connectivity index (χ4n) is 0.865. The maximum Gasteiger partial charge on any atom is 0.554 e. The van der Waals surface area contributed by atoms with Gasteiger partial charge in [0.15, 0.2) is 0 Å². The molecular formula is C7H9BO4. The molecule has 0 aliphatic rings. The normalized spacial score (nSPS) is 9.92. The number of rotatable bonds is 3. The fourth-order valence-corrected chi connectivity index (χ4v) is 0.865. The Kier molecular flexibility index (Phi) is 3.24. The first-order valence-electron chi connectivity index (χ1n) is 3.45. The Morgan fingerprint density at radius 2 is 1.58 bits per heavy atom. The van der Waals surface area contributed by atoms with Crippen molar-refractivity contribution in [3.63, 3.8) is 0 Å².